The second kappa shape index (κ2) is 8.53. The van der Waals surface area contributed by atoms with Crippen molar-refractivity contribution in [1.82, 2.24) is 19.7 Å². The zero-order chi connectivity index (χ0) is 19.4. The van der Waals surface area contributed by atoms with Crippen LogP contribution in [0.15, 0.2) is 17.1 Å². The molecule has 1 N–H and O–H groups in total. The van der Waals surface area contributed by atoms with Crippen LogP contribution in [-0.4, -0.2) is 85.3 Å². The topological polar surface area (TPSA) is 93.1 Å². The van der Waals surface area contributed by atoms with Crippen LogP contribution in [0.5, 0.6) is 5.75 Å². The Morgan fingerprint density at radius 3 is 2.74 bits per heavy atom. The fourth-order valence-electron chi connectivity index (χ4n) is 3.42. The summed E-state index contributed by atoms with van der Waals surface area (Å²) in [5.74, 6) is -0.151. The van der Waals surface area contributed by atoms with Crippen molar-refractivity contribution in [3.63, 3.8) is 0 Å². The maximum absolute atomic E-state index is 12.5. The normalized spacial score (nSPS) is 20.7. The van der Waals surface area contributed by atoms with Gasteiger partial charge in [-0.2, -0.15) is 0 Å². The summed E-state index contributed by atoms with van der Waals surface area (Å²) in [4.78, 5) is 40.7. The number of hydrogen-bond donors (Lipinski definition) is 1. The van der Waals surface area contributed by atoms with E-state index in [-0.39, 0.29) is 41.1 Å². The molecule has 1 aromatic rings. The summed E-state index contributed by atoms with van der Waals surface area (Å²) in [6.07, 6.45) is 1.75. The summed E-state index contributed by atoms with van der Waals surface area (Å²) < 4.78 is 11.8. The zero-order valence-electron chi connectivity index (χ0n) is 15.8. The molecule has 3 rings (SSSR count). The number of pyridine rings is 1. The number of nitrogens with zero attached hydrogens (tertiary/aromatic N) is 3. The maximum atomic E-state index is 12.5. The van der Waals surface area contributed by atoms with Crippen LogP contribution in [0.25, 0.3) is 0 Å². The van der Waals surface area contributed by atoms with Crippen molar-refractivity contribution in [3.05, 3.63) is 28.2 Å². The Morgan fingerprint density at radius 2 is 2.04 bits per heavy atom. The molecule has 1 aromatic heterocycles. The maximum Gasteiger partial charge on any atom is 0.268 e. The van der Waals surface area contributed by atoms with Gasteiger partial charge in [0.05, 0.1) is 32.6 Å². The number of carbonyl (C=O) groups excluding carboxylic acids is 2. The van der Waals surface area contributed by atoms with E-state index in [4.69, 9.17) is 9.47 Å². The van der Waals surface area contributed by atoms with Gasteiger partial charge in [-0.1, -0.05) is 0 Å². The lowest BCUT2D eigenvalue weighted by molar-refractivity contribution is -0.128. The van der Waals surface area contributed by atoms with Crippen LogP contribution in [0.2, 0.25) is 0 Å². The highest BCUT2D eigenvalue weighted by Crippen LogP contribution is 2.13. The second-order valence-corrected chi connectivity index (χ2v) is 6.87. The Hall–Kier alpha value is -2.39. The van der Waals surface area contributed by atoms with E-state index in [0.717, 1.165) is 32.8 Å². The van der Waals surface area contributed by atoms with Gasteiger partial charge in [-0.3, -0.25) is 19.3 Å². The molecule has 2 fully saturated rings. The van der Waals surface area contributed by atoms with E-state index >= 15 is 0 Å². The lowest BCUT2D eigenvalue weighted by Crippen LogP contribution is -2.43. The largest absolute Gasteiger partial charge is 0.491 e. The molecule has 2 aliphatic heterocycles. The summed E-state index contributed by atoms with van der Waals surface area (Å²) in [5.41, 5.74) is -0.115. The molecule has 1 atom stereocenters. The number of hydrogen-bond acceptors (Lipinski definition) is 6. The number of amides is 2. The standard InChI is InChI=1S/C18H26N4O5/c1-20-12-16(26-2)15(23)10-14(20)18(25)19-13-9-17(24)22(11-13)4-3-21-5-7-27-8-6-21/h10,12-13H,3-9,11H2,1-2H3,(H,19,25). The molecule has 0 saturated carbocycles. The third-order valence-corrected chi connectivity index (χ3v) is 4.99. The number of ether oxygens (including phenoxy) is 2. The first-order chi connectivity index (χ1) is 13.0. The van der Waals surface area contributed by atoms with Gasteiger partial charge in [-0.25, -0.2) is 0 Å². The minimum absolute atomic E-state index is 0.0391. The van der Waals surface area contributed by atoms with Gasteiger partial charge in [-0.05, 0) is 0 Å². The minimum Gasteiger partial charge on any atom is -0.491 e. The van der Waals surface area contributed by atoms with Gasteiger partial charge in [0.2, 0.25) is 11.3 Å². The van der Waals surface area contributed by atoms with Crippen molar-refractivity contribution in [2.45, 2.75) is 12.5 Å². The van der Waals surface area contributed by atoms with Crippen LogP contribution < -0.4 is 15.5 Å². The first kappa shape index (κ1) is 19.4. The highest BCUT2D eigenvalue weighted by molar-refractivity contribution is 5.93. The number of carbonyl (C=O) groups is 2. The molecular weight excluding hydrogens is 352 g/mol. The predicted molar refractivity (Wildman–Crippen MR) is 97.9 cm³/mol. The Morgan fingerprint density at radius 1 is 1.30 bits per heavy atom. The number of methoxy groups -OCH3 is 1. The van der Waals surface area contributed by atoms with Crippen molar-refractivity contribution in [3.8, 4) is 5.75 Å². The quantitative estimate of drug-likeness (QED) is 0.687. The van der Waals surface area contributed by atoms with Crippen LogP contribution >= 0.6 is 0 Å². The molecule has 9 heteroatoms. The molecule has 2 amide bonds. The van der Waals surface area contributed by atoms with Gasteiger partial charge >= 0.3 is 0 Å². The summed E-state index contributed by atoms with van der Waals surface area (Å²) in [6.45, 7) is 5.16. The highest BCUT2D eigenvalue weighted by atomic mass is 16.5. The highest BCUT2D eigenvalue weighted by Gasteiger charge is 2.31. The smallest absolute Gasteiger partial charge is 0.268 e. The Bertz CT molecular complexity index is 757. The van der Waals surface area contributed by atoms with Gasteiger partial charge in [0.25, 0.3) is 5.91 Å². The molecule has 2 aliphatic rings. The molecular formula is C18H26N4O5. The van der Waals surface area contributed by atoms with Crippen LogP contribution in [0, 0.1) is 0 Å². The van der Waals surface area contributed by atoms with Crippen molar-refractivity contribution in [1.29, 1.82) is 0 Å². The van der Waals surface area contributed by atoms with E-state index < -0.39 is 0 Å². The number of morpholine rings is 1. The number of aromatic nitrogens is 1. The van der Waals surface area contributed by atoms with Crippen molar-refractivity contribution in [2.24, 2.45) is 7.05 Å². The third kappa shape index (κ3) is 4.67. The minimum atomic E-state index is -0.370. The number of rotatable bonds is 6. The Kier molecular flexibility index (Phi) is 6.12. The molecule has 2 saturated heterocycles. The van der Waals surface area contributed by atoms with Gasteiger partial charge in [0, 0.05) is 52.3 Å². The molecule has 9 nitrogen and oxygen atoms in total. The predicted octanol–water partition coefficient (Wildman–Crippen LogP) is -0.943. The SMILES string of the molecule is COc1cn(C)c(C(=O)NC2CC(=O)N(CCN3CCOCC3)C2)cc1=O. The van der Waals surface area contributed by atoms with Crippen molar-refractivity contribution in [2.75, 3.05) is 53.0 Å². The lowest BCUT2D eigenvalue weighted by Gasteiger charge is -2.28. The zero-order valence-corrected chi connectivity index (χ0v) is 15.8. The molecule has 27 heavy (non-hydrogen) atoms. The van der Waals surface area contributed by atoms with Crippen molar-refractivity contribution >= 4 is 11.8 Å². The van der Waals surface area contributed by atoms with Crippen molar-refractivity contribution < 1.29 is 19.1 Å². The van der Waals surface area contributed by atoms with E-state index in [1.165, 1.54) is 19.4 Å². The van der Waals surface area contributed by atoms with E-state index in [1.54, 1.807) is 16.5 Å². The summed E-state index contributed by atoms with van der Waals surface area (Å²) >= 11 is 0. The average molecular weight is 378 g/mol. The van der Waals surface area contributed by atoms with E-state index in [9.17, 15) is 14.4 Å². The van der Waals surface area contributed by atoms with Crippen LogP contribution in [-0.2, 0) is 16.6 Å². The molecule has 0 radical (unpaired) electrons. The fourth-order valence-corrected chi connectivity index (χ4v) is 3.42. The first-order valence-electron chi connectivity index (χ1n) is 9.11. The van der Waals surface area contributed by atoms with Gasteiger partial charge in [0.1, 0.15) is 5.69 Å². The molecule has 148 valence electrons. The second-order valence-electron chi connectivity index (χ2n) is 6.87. The molecule has 0 spiro atoms. The van der Waals surface area contributed by atoms with E-state index in [2.05, 4.69) is 10.2 Å². The van der Waals surface area contributed by atoms with Crippen LogP contribution in [0.3, 0.4) is 0 Å². The number of likely N-dealkylation sites (tertiary alicyclic amines) is 1. The lowest BCUT2D eigenvalue weighted by atomic mass is 10.2. The summed E-state index contributed by atoms with van der Waals surface area (Å²) in [6, 6.07) is 0.994. The van der Waals surface area contributed by atoms with E-state index in [1.807, 2.05) is 0 Å². The summed E-state index contributed by atoms with van der Waals surface area (Å²) in [7, 11) is 3.08. The number of nitrogens with one attached hydrogen (secondary N) is 1. The third-order valence-electron chi connectivity index (χ3n) is 4.99. The van der Waals surface area contributed by atoms with Crippen LogP contribution in [0.4, 0.5) is 0 Å². The number of aryl methyl sites for hydroxylation is 1. The molecule has 0 aliphatic carbocycles. The molecule has 1 unspecified atom stereocenters. The van der Waals surface area contributed by atoms with Crippen LogP contribution in [0.1, 0.15) is 16.9 Å². The Labute approximate surface area is 157 Å². The summed E-state index contributed by atoms with van der Waals surface area (Å²) in [5, 5.41) is 2.86. The molecule has 0 aromatic carbocycles. The monoisotopic (exact) mass is 378 g/mol. The molecule has 0 bridgehead atoms. The fraction of sp³-hybridized carbons (Fsp3) is 0.611. The van der Waals surface area contributed by atoms with Gasteiger partial charge in [-0.15, -0.1) is 0 Å². The molecule has 3 heterocycles. The Balaban J connectivity index is 1.55. The van der Waals surface area contributed by atoms with Gasteiger partial charge < -0.3 is 24.3 Å². The van der Waals surface area contributed by atoms with E-state index in [0.29, 0.717) is 13.1 Å². The van der Waals surface area contributed by atoms with Gasteiger partial charge in [0.15, 0.2) is 5.75 Å². The average Bonchev–Trinajstić information content (AvgIpc) is 3.01. The first-order valence-corrected chi connectivity index (χ1v) is 9.11.